The maximum atomic E-state index is 6.32. The van der Waals surface area contributed by atoms with Gasteiger partial charge in [0, 0.05) is 24.7 Å². The molecule has 0 spiro atoms. The Kier molecular flexibility index (Phi) is 3.63. The molecule has 0 saturated carbocycles. The lowest BCUT2D eigenvalue weighted by Gasteiger charge is -2.28. The molecule has 0 bridgehead atoms. The minimum absolute atomic E-state index is 0.302. The lowest BCUT2D eigenvalue weighted by atomic mass is 10.1. The highest BCUT2D eigenvalue weighted by Gasteiger charge is 2.20. The number of aromatic nitrogens is 3. The zero-order valence-electron chi connectivity index (χ0n) is 11.4. The van der Waals surface area contributed by atoms with E-state index < -0.39 is 0 Å². The largest absolute Gasteiger partial charge is 0.339 e. The highest BCUT2D eigenvalue weighted by atomic mass is 35.5. The standard InChI is InChI=1S/C14H18ClN5/c1-9-3-2-4-11(12(9)15)13-17-14(19-18-13)20-7-5-10(16)6-8-20/h2-4,10H,5-8,16H2,1H3,(H,17,18,19). The Bertz CT molecular complexity index is 601. The molecule has 0 atom stereocenters. The van der Waals surface area contributed by atoms with Gasteiger partial charge in [-0.25, -0.2) is 0 Å². The molecule has 0 radical (unpaired) electrons. The van der Waals surface area contributed by atoms with Gasteiger partial charge in [-0.3, -0.25) is 5.10 Å². The Balaban J connectivity index is 1.85. The molecule has 1 aliphatic heterocycles. The van der Waals surface area contributed by atoms with Crippen molar-refractivity contribution in [3.05, 3.63) is 28.8 Å². The summed E-state index contributed by atoms with van der Waals surface area (Å²) in [4.78, 5) is 6.72. The molecular formula is C14H18ClN5. The lowest BCUT2D eigenvalue weighted by Crippen LogP contribution is -2.40. The summed E-state index contributed by atoms with van der Waals surface area (Å²) in [7, 11) is 0. The fraction of sp³-hybridized carbons (Fsp3) is 0.429. The van der Waals surface area contributed by atoms with E-state index in [2.05, 4.69) is 20.1 Å². The summed E-state index contributed by atoms with van der Waals surface area (Å²) in [5, 5.41) is 8.00. The predicted octanol–water partition coefficient (Wildman–Crippen LogP) is 2.36. The van der Waals surface area contributed by atoms with Crippen LogP contribution in [0, 0.1) is 6.92 Å². The smallest absolute Gasteiger partial charge is 0.245 e. The van der Waals surface area contributed by atoms with Crippen molar-refractivity contribution in [2.75, 3.05) is 18.0 Å². The lowest BCUT2D eigenvalue weighted by molar-refractivity contribution is 0.496. The Morgan fingerprint density at radius 3 is 2.85 bits per heavy atom. The monoisotopic (exact) mass is 291 g/mol. The number of anilines is 1. The number of aryl methyl sites for hydroxylation is 1. The molecule has 5 nitrogen and oxygen atoms in total. The van der Waals surface area contributed by atoms with Crippen LogP contribution in [-0.2, 0) is 0 Å². The number of nitrogens with one attached hydrogen (secondary N) is 1. The normalized spacial score (nSPS) is 16.6. The Hall–Kier alpha value is -1.59. The Labute approximate surface area is 123 Å². The van der Waals surface area contributed by atoms with Crippen LogP contribution in [0.25, 0.3) is 11.4 Å². The van der Waals surface area contributed by atoms with Crippen LogP contribution in [0.4, 0.5) is 5.95 Å². The molecule has 0 unspecified atom stereocenters. The van der Waals surface area contributed by atoms with Gasteiger partial charge >= 0.3 is 0 Å². The maximum Gasteiger partial charge on any atom is 0.245 e. The topological polar surface area (TPSA) is 70.8 Å². The number of rotatable bonds is 2. The van der Waals surface area contributed by atoms with Crippen molar-refractivity contribution in [1.82, 2.24) is 15.2 Å². The van der Waals surface area contributed by atoms with Crippen LogP contribution < -0.4 is 10.6 Å². The van der Waals surface area contributed by atoms with Crippen LogP contribution >= 0.6 is 11.6 Å². The molecule has 2 heterocycles. The molecule has 1 fully saturated rings. The van der Waals surface area contributed by atoms with Crippen LogP contribution in [0.1, 0.15) is 18.4 Å². The molecule has 2 aromatic rings. The number of nitrogens with zero attached hydrogens (tertiary/aromatic N) is 3. The molecule has 1 aromatic carbocycles. The van der Waals surface area contributed by atoms with Gasteiger partial charge in [0.05, 0.1) is 5.02 Å². The van der Waals surface area contributed by atoms with Crippen LogP contribution in [0.5, 0.6) is 0 Å². The molecule has 1 aromatic heterocycles. The summed E-state index contributed by atoms with van der Waals surface area (Å²) >= 11 is 6.32. The Morgan fingerprint density at radius 1 is 1.35 bits per heavy atom. The van der Waals surface area contributed by atoms with E-state index in [1.54, 1.807) is 0 Å². The first-order valence-corrected chi connectivity index (χ1v) is 7.21. The third-order valence-corrected chi connectivity index (χ3v) is 4.24. The van der Waals surface area contributed by atoms with Gasteiger partial charge in [-0.05, 0) is 31.4 Å². The highest BCUT2D eigenvalue weighted by molar-refractivity contribution is 6.33. The summed E-state index contributed by atoms with van der Waals surface area (Å²) in [5.41, 5.74) is 7.84. The van der Waals surface area contributed by atoms with Gasteiger partial charge in [0.1, 0.15) is 0 Å². The number of hydrogen-bond donors (Lipinski definition) is 2. The molecule has 106 valence electrons. The third kappa shape index (κ3) is 2.51. The second-order valence-electron chi connectivity index (χ2n) is 5.24. The molecule has 0 aliphatic carbocycles. The molecule has 3 rings (SSSR count). The summed E-state index contributed by atoms with van der Waals surface area (Å²) in [5.74, 6) is 1.44. The first-order chi connectivity index (χ1) is 9.65. The van der Waals surface area contributed by atoms with E-state index in [9.17, 15) is 0 Å². The van der Waals surface area contributed by atoms with Crippen molar-refractivity contribution in [2.24, 2.45) is 5.73 Å². The molecule has 1 saturated heterocycles. The van der Waals surface area contributed by atoms with Gasteiger partial charge in [-0.15, -0.1) is 5.10 Å². The molecule has 20 heavy (non-hydrogen) atoms. The quantitative estimate of drug-likeness (QED) is 0.891. The van der Waals surface area contributed by atoms with Crippen LogP contribution in [-0.4, -0.2) is 34.3 Å². The zero-order chi connectivity index (χ0) is 14.1. The van der Waals surface area contributed by atoms with Crippen molar-refractivity contribution in [1.29, 1.82) is 0 Å². The molecule has 3 N–H and O–H groups in total. The number of hydrogen-bond acceptors (Lipinski definition) is 4. The molecule has 6 heteroatoms. The number of benzene rings is 1. The predicted molar refractivity (Wildman–Crippen MR) is 81.0 cm³/mol. The second kappa shape index (κ2) is 5.42. The fourth-order valence-electron chi connectivity index (χ4n) is 2.44. The van der Waals surface area contributed by atoms with Gasteiger partial charge < -0.3 is 10.6 Å². The van der Waals surface area contributed by atoms with Crippen molar-refractivity contribution in [3.8, 4) is 11.4 Å². The van der Waals surface area contributed by atoms with Crippen LogP contribution in [0.2, 0.25) is 5.02 Å². The highest BCUT2D eigenvalue weighted by Crippen LogP contribution is 2.29. The first kappa shape index (κ1) is 13.4. The van der Waals surface area contributed by atoms with E-state index in [-0.39, 0.29) is 0 Å². The maximum absolute atomic E-state index is 6.32. The number of H-pyrrole nitrogens is 1. The van der Waals surface area contributed by atoms with Crippen molar-refractivity contribution in [2.45, 2.75) is 25.8 Å². The van der Waals surface area contributed by atoms with Crippen molar-refractivity contribution >= 4 is 17.5 Å². The second-order valence-corrected chi connectivity index (χ2v) is 5.62. The Morgan fingerprint density at radius 2 is 2.10 bits per heavy atom. The van der Waals surface area contributed by atoms with Gasteiger partial charge in [0.2, 0.25) is 5.95 Å². The van der Waals surface area contributed by atoms with Crippen molar-refractivity contribution < 1.29 is 0 Å². The zero-order valence-corrected chi connectivity index (χ0v) is 12.2. The average molecular weight is 292 g/mol. The SMILES string of the molecule is Cc1cccc(-c2nc(N3CCC(N)CC3)n[nH]2)c1Cl. The first-order valence-electron chi connectivity index (χ1n) is 6.83. The number of nitrogens with two attached hydrogens (primary N) is 1. The number of halogens is 1. The van der Waals surface area contributed by atoms with E-state index in [0.717, 1.165) is 48.0 Å². The van der Waals surface area contributed by atoms with Crippen molar-refractivity contribution in [3.63, 3.8) is 0 Å². The summed E-state index contributed by atoms with van der Waals surface area (Å²) < 4.78 is 0. The van der Waals surface area contributed by atoms with Gasteiger partial charge in [-0.1, -0.05) is 23.7 Å². The summed E-state index contributed by atoms with van der Waals surface area (Å²) in [6.45, 7) is 3.79. The minimum Gasteiger partial charge on any atom is -0.339 e. The summed E-state index contributed by atoms with van der Waals surface area (Å²) in [6, 6.07) is 6.20. The third-order valence-electron chi connectivity index (χ3n) is 3.74. The fourth-order valence-corrected chi connectivity index (χ4v) is 2.66. The van der Waals surface area contributed by atoms with Gasteiger partial charge in [-0.2, -0.15) is 4.98 Å². The van der Waals surface area contributed by atoms with Crippen LogP contribution in [0.15, 0.2) is 18.2 Å². The molecule has 1 aliphatic rings. The number of piperidine rings is 1. The van der Waals surface area contributed by atoms with E-state index in [4.69, 9.17) is 17.3 Å². The van der Waals surface area contributed by atoms with E-state index >= 15 is 0 Å². The molecular weight excluding hydrogens is 274 g/mol. The van der Waals surface area contributed by atoms with Gasteiger partial charge in [0.25, 0.3) is 0 Å². The average Bonchev–Trinajstić information content (AvgIpc) is 2.92. The van der Waals surface area contributed by atoms with Crippen LogP contribution in [0.3, 0.4) is 0 Å². The number of aromatic amines is 1. The minimum atomic E-state index is 0.302. The summed E-state index contributed by atoms with van der Waals surface area (Å²) in [6.07, 6.45) is 1.96. The van der Waals surface area contributed by atoms with E-state index in [1.165, 1.54) is 0 Å². The van der Waals surface area contributed by atoms with E-state index in [1.807, 2.05) is 25.1 Å². The van der Waals surface area contributed by atoms with E-state index in [0.29, 0.717) is 11.9 Å². The van der Waals surface area contributed by atoms with Gasteiger partial charge in [0.15, 0.2) is 5.82 Å². The molecule has 0 amide bonds.